The van der Waals surface area contributed by atoms with E-state index in [0.29, 0.717) is 30.3 Å². The molecule has 8 nitrogen and oxygen atoms in total. The lowest BCUT2D eigenvalue weighted by Crippen LogP contribution is -2.27. The molecule has 1 aliphatic rings. The summed E-state index contributed by atoms with van der Waals surface area (Å²) < 4.78 is 38.5. The van der Waals surface area contributed by atoms with Gasteiger partial charge in [-0.05, 0) is 36.8 Å². The van der Waals surface area contributed by atoms with Crippen molar-refractivity contribution in [1.82, 2.24) is 4.72 Å². The average Bonchev–Trinajstić information content (AvgIpc) is 2.60. The molecular formula is C16H15ClN2O6S. The van der Waals surface area contributed by atoms with Crippen molar-refractivity contribution < 1.29 is 22.8 Å². The number of nitro groups is 1. The Kier molecular flexibility index (Phi) is 5.03. The molecule has 0 unspecified atom stereocenters. The van der Waals surface area contributed by atoms with Crippen LogP contribution in [-0.4, -0.2) is 26.6 Å². The molecule has 0 spiro atoms. The Hall–Kier alpha value is -2.36. The van der Waals surface area contributed by atoms with Gasteiger partial charge in [-0.25, -0.2) is 13.1 Å². The van der Waals surface area contributed by atoms with E-state index in [1.807, 2.05) is 0 Å². The van der Waals surface area contributed by atoms with E-state index in [1.165, 1.54) is 12.1 Å². The van der Waals surface area contributed by atoms with Gasteiger partial charge in [-0.15, -0.1) is 0 Å². The third-order valence-electron chi connectivity index (χ3n) is 3.82. The Labute approximate surface area is 154 Å². The van der Waals surface area contributed by atoms with Crippen LogP contribution in [0.5, 0.6) is 11.5 Å². The van der Waals surface area contributed by atoms with Crippen LogP contribution in [-0.2, 0) is 10.0 Å². The molecule has 26 heavy (non-hydrogen) atoms. The van der Waals surface area contributed by atoms with Crippen LogP contribution in [0.25, 0.3) is 0 Å². The molecule has 0 amide bonds. The number of benzene rings is 2. The summed E-state index contributed by atoms with van der Waals surface area (Å²) in [5, 5.41) is 10.8. The number of nitro benzene ring substituents is 1. The van der Waals surface area contributed by atoms with E-state index in [1.54, 1.807) is 25.1 Å². The zero-order valence-electron chi connectivity index (χ0n) is 13.6. The molecule has 3 rings (SSSR count). The van der Waals surface area contributed by atoms with Crippen LogP contribution in [0.4, 0.5) is 5.69 Å². The highest BCUT2D eigenvalue weighted by Crippen LogP contribution is 2.33. The molecule has 0 aliphatic carbocycles. The highest BCUT2D eigenvalue weighted by molar-refractivity contribution is 7.89. The fourth-order valence-corrected chi connectivity index (χ4v) is 3.94. The lowest BCUT2D eigenvalue weighted by atomic mass is 10.1. The maximum atomic E-state index is 12.6. The lowest BCUT2D eigenvalue weighted by Gasteiger charge is -2.21. The summed E-state index contributed by atoms with van der Waals surface area (Å²) in [5.74, 6) is 1.14. The number of hydrogen-bond acceptors (Lipinski definition) is 6. The van der Waals surface area contributed by atoms with Crippen LogP contribution in [0.1, 0.15) is 18.5 Å². The smallest absolute Gasteiger partial charge is 0.289 e. The van der Waals surface area contributed by atoms with E-state index < -0.39 is 26.7 Å². The second-order valence-corrected chi connectivity index (χ2v) is 7.74. The maximum absolute atomic E-state index is 12.6. The first-order valence-electron chi connectivity index (χ1n) is 7.64. The molecule has 0 saturated carbocycles. The van der Waals surface area contributed by atoms with Gasteiger partial charge in [-0.3, -0.25) is 10.1 Å². The van der Waals surface area contributed by atoms with Crippen molar-refractivity contribution in [3.05, 3.63) is 57.1 Å². The first kappa shape index (κ1) is 18.4. The number of ether oxygens (including phenoxy) is 2. The van der Waals surface area contributed by atoms with Crippen LogP contribution < -0.4 is 14.2 Å². The molecule has 1 atom stereocenters. The van der Waals surface area contributed by atoms with Gasteiger partial charge >= 0.3 is 0 Å². The predicted molar refractivity (Wildman–Crippen MR) is 94.3 cm³/mol. The van der Waals surface area contributed by atoms with Crippen molar-refractivity contribution in [3.8, 4) is 11.5 Å². The summed E-state index contributed by atoms with van der Waals surface area (Å²) in [5.41, 5.74) is 0.197. The highest BCUT2D eigenvalue weighted by Gasteiger charge is 2.23. The van der Waals surface area contributed by atoms with Crippen LogP contribution in [0.2, 0.25) is 5.02 Å². The van der Waals surface area contributed by atoms with Gasteiger partial charge in [-0.2, -0.15) is 0 Å². The molecule has 0 saturated heterocycles. The topological polar surface area (TPSA) is 108 Å². The van der Waals surface area contributed by atoms with E-state index in [9.17, 15) is 18.5 Å². The van der Waals surface area contributed by atoms with Gasteiger partial charge in [0, 0.05) is 12.1 Å². The zero-order valence-corrected chi connectivity index (χ0v) is 15.2. The molecule has 138 valence electrons. The van der Waals surface area contributed by atoms with E-state index in [0.717, 1.165) is 6.07 Å². The molecular weight excluding hydrogens is 384 g/mol. The molecule has 1 N–H and O–H groups in total. The normalized spacial score (nSPS) is 14.7. The number of halogens is 1. The van der Waals surface area contributed by atoms with Gasteiger partial charge in [-0.1, -0.05) is 17.7 Å². The van der Waals surface area contributed by atoms with Gasteiger partial charge in [0.15, 0.2) is 11.5 Å². The summed E-state index contributed by atoms with van der Waals surface area (Å²) in [6.07, 6.45) is 0. The molecule has 0 bridgehead atoms. The minimum Gasteiger partial charge on any atom is -0.486 e. The number of fused-ring (bicyclic) bond motifs is 1. The quantitative estimate of drug-likeness (QED) is 0.612. The Morgan fingerprint density at radius 1 is 1.15 bits per heavy atom. The van der Waals surface area contributed by atoms with Crippen molar-refractivity contribution in [2.24, 2.45) is 0 Å². The number of nitrogens with zero attached hydrogens (tertiary/aromatic N) is 1. The molecule has 2 aromatic rings. The van der Waals surface area contributed by atoms with E-state index in [-0.39, 0.29) is 9.92 Å². The van der Waals surface area contributed by atoms with E-state index in [4.69, 9.17) is 21.1 Å². The first-order chi connectivity index (χ1) is 12.3. The molecule has 1 heterocycles. The van der Waals surface area contributed by atoms with Gasteiger partial charge < -0.3 is 9.47 Å². The Balaban J connectivity index is 1.85. The van der Waals surface area contributed by atoms with Crippen LogP contribution in [0.15, 0.2) is 41.3 Å². The summed E-state index contributed by atoms with van der Waals surface area (Å²) >= 11 is 5.73. The van der Waals surface area contributed by atoms with Gasteiger partial charge in [0.1, 0.15) is 18.2 Å². The Morgan fingerprint density at radius 3 is 2.54 bits per heavy atom. The number of sulfonamides is 1. The highest BCUT2D eigenvalue weighted by atomic mass is 35.5. The first-order valence-corrected chi connectivity index (χ1v) is 9.50. The Bertz CT molecular complexity index is 963. The maximum Gasteiger partial charge on any atom is 0.289 e. The van der Waals surface area contributed by atoms with E-state index in [2.05, 4.69) is 4.72 Å². The fourth-order valence-electron chi connectivity index (χ4n) is 2.50. The molecule has 10 heteroatoms. The van der Waals surface area contributed by atoms with Gasteiger partial charge in [0.2, 0.25) is 10.0 Å². The van der Waals surface area contributed by atoms with Crippen molar-refractivity contribution >= 4 is 27.3 Å². The van der Waals surface area contributed by atoms with Crippen molar-refractivity contribution in [2.75, 3.05) is 13.2 Å². The fraction of sp³-hybridized carbons (Fsp3) is 0.250. The molecule has 1 aliphatic heterocycles. The zero-order chi connectivity index (χ0) is 18.9. The molecule has 2 aromatic carbocycles. The second-order valence-electron chi connectivity index (χ2n) is 5.62. The third kappa shape index (κ3) is 3.74. The summed E-state index contributed by atoms with van der Waals surface area (Å²) in [4.78, 5) is 9.99. The molecule has 0 aromatic heterocycles. The summed E-state index contributed by atoms with van der Waals surface area (Å²) in [6.45, 7) is 2.54. The van der Waals surface area contributed by atoms with Crippen molar-refractivity contribution in [2.45, 2.75) is 17.9 Å². The number of nitrogens with one attached hydrogen (secondary N) is 1. The SMILES string of the molecule is C[C@H](NS(=O)(=O)c1ccc(Cl)c([N+](=O)[O-])c1)c1ccc2c(c1)OCCO2. The molecule has 0 fully saturated rings. The number of rotatable bonds is 5. The van der Waals surface area contributed by atoms with Gasteiger partial charge in [0.05, 0.1) is 9.82 Å². The summed E-state index contributed by atoms with van der Waals surface area (Å²) in [6, 6.07) is 7.88. The van der Waals surface area contributed by atoms with Crippen LogP contribution in [0, 0.1) is 10.1 Å². The molecule has 0 radical (unpaired) electrons. The minimum atomic E-state index is -3.99. The second kappa shape index (κ2) is 7.10. The van der Waals surface area contributed by atoms with E-state index >= 15 is 0 Å². The lowest BCUT2D eigenvalue weighted by molar-refractivity contribution is -0.384. The Morgan fingerprint density at radius 2 is 1.85 bits per heavy atom. The standard InChI is InChI=1S/C16H15ClN2O6S/c1-10(11-2-5-15-16(8-11)25-7-6-24-15)18-26(22,23)12-3-4-13(17)14(9-12)19(20)21/h2-5,8-10,18H,6-7H2,1H3/t10-/m0/s1. The van der Waals surface area contributed by atoms with Crippen molar-refractivity contribution in [3.63, 3.8) is 0 Å². The van der Waals surface area contributed by atoms with Crippen molar-refractivity contribution in [1.29, 1.82) is 0 Å². The monoisotopic (exact) mass is 398 g/mol. The third-order valence-corrected chi connectivity index (χ3v) is 5.68. The van der Waals surface area contributed by atoms with Crippen LogP contribution in [0.3, 0.4) is 0 Å². The van der Waals surface area contributed by atoms with Gasteiger partial charge in [0.25, 0.3) is 5.69 Å². The predicted octanol–water partition coefficient (Wildman–Crippen LogP) is 3.06. The van der Waals surface area contributed by atoms with Crippen LogP contribution >= 0.6 is 11.6 Å². The summed E-state index contributed by atoms with van der Waals surface area (Å²) in [7, 11) is -3.99. The number of hydrogen-bond donors (Lipinski definition) is 1. The largest absolute Gasteiger partial charge is 0.486 e. The average molecular weight is 399 g/mol. The minimum absolute atomic E-state index is 0.131.